The van der Waals surface area contributed by atoms with Crippen molar-refractivity contribution in [1.82, 2.24) is 9.78 Å². The first-order valence-electron chi connectivity index (χ1n) is 6.32. The second-order valence-corrected chi connectivity index (χ2v) is 4.99. The molecule has 0 aliphatic carbocycles. The van der Waals surface area contributed by atoms with Crippen LogP contribution in [0.1, 0.15) is 19.4 Å². The highest BCUT2D eigenvalue weighted by Gasteiger charge is 2.07. The maximum Gasteiger partial charge on any atom is 0.165 e. The molecule has 0 aliphatic heterocycles. The van der Waals surface area contributed by atoms with Crippen LogP contribution in [0.25, 0.3) is 0 Å². The summed E-state index contributed by atoms with van der Waals surface area (Å²) in [6.07, 6.45) is 4.32. The van der Waals surface area contributed by atoms with Gasteiger partial charge < -0.3 is 10.5 Å². The van der Waals surface area contributed by atoms with Gasteiger partial charge in [0.2, 0.25) is 0 Å². The van der Waals surface area contributed by atoms with E-state index in [1.807, 2.05) is 38.2 Å². The molecule has 1 atom stereocenters. The summed E-state index contributed by atoms with van der Waals surface area (Å²) < 4.78 is 7.50. The number of nitrogens with two attached hydrogens (primary N) is 1. The van der Waals surface area contributed by atoms with Crippen molar-refractivity contribution in [1.29, 1.82) is 0 Å². The van der Waals surface area contributed by atoms with E-state index >= 15 is 0 Å². The highest BCUT2D eigenvalue weighted by Crippen LogP contribution is 2.30. The molecule has 0 amide bonds. The number of aromatic nitrogens is 2. The molecule has 5 heteroatoms. The SMILES string of the molecule is CCn1cc(Oc2ccc(CC(C)N)cc2Cl)cn1. The number of ether oxygens (including phenoxy) is 1. The summed E-state index contributed by atoms with van der Waals surface area (Å²) in [5, 5.41) is 4.74. The molecule has 0 aliphatic rings. The van der Waals surface area contributed by atoms with Gasteiger partial charge in [-0.25, -0.2) is 0 Å². The molecule has 0 saturated heterocycles. The Hall–Kier alpha value is -1.52. The lowest BCUT2D eigenvalue weighted by atomic mass is 10.1. The summed E-state index contributed by atoms with van der Waals surface area (Å²) in [4.78, 5) is 0. The number of aryl methyl sites for hydroxylation is 1. The number of nitrogens with zero attached hydrogens (tertiary/aromatic N) is 2. The quantitative estimate of drug-likeness (QED) is 0.914. The maximum atomic E-state index is 6.21. The molecule has 4 nitrogen and oxygen atoms in total. The first kappa shape index (κ1) is 13.9. The topological polar surface area (TPSA) is 53.1 Å². The predicted octanol–water partition coefficient (Wildman–Crippen LogP) is 3.24. The van der Waals surface area contributed by atoms with Crippen molar-refractivity contribution in [2.75, 3.05) is 0 Å². The van der Waals surface area contributed by atoms with Gasteiger partial charge in [0.05, 0.1) is 17.4 Å². The smallest absolute Gasteiger partial charge is 0.165 e. The van der Waals surface area contributed by atoms with Crippen molar-refractivity contribution in [2.24, 2.45) is 5.73 Å². The van der Waals surface area contributed by atoms with E-state index in [0.717, 1.165) is 18.5 Å². The van der Waals surface area contributed by atoms with Gasteiger partial charge in [-0.3, -0.25) is 4.68 Å². The van der Waals surface area contributed by atoms with E-state index in [1.165, 1.54) is 0 Å². The molecule has 19 heavy (non-hydrogen) atoms. The van der Waals surface area contributed by atoms with E-state index in [1.54, 1.807) is 10.9 Å². The molecule has 0 saturated carbocycles. The predicted molar refractivity (Wildman–Crippen MR) is 76.8 cm³/mol. The van der Waals surface area contributed by atoms with Gasteiger partial charge in [-0.2, -0.15) is 5.10 Å². The fraction of sp³-hybridized carbons (Fsp3) is 0.357. The minimum atomic E-state index is 0.116. The van der Waals surface area contributed by atoms with Gasteiger partial charge in [-0.05, 0) is 38.0 Å². The van der Waals surface area contributed by atoms with Gasteiger partial charge in [0, 0.05) is 12.6 Å². The Balaban J connectivity index is 2.12. The van der Waals surface area contributed by atoms with Gasteiger partial charge in [-0.1, -0.05) is 17.7 Å². The molecular formula is C14H18ClN3O. The third-order valence-electron chi connectivity index (χ3n) is 2.72. The van der Waals surface area contributed by atoms with Crippen LogP contribution in [-0.4, -0.2) is 15.8 Å². The highest BCUT2D eigenvalue weighted by molar-refractivity contribution is 6.32. The zero-order chi connectivity index (χ0) is 13.8. The van der Waals surface area contributed by atoms with E-state index in [-0.39, 0.29) is 6.04 Å². The molecule has 1 aromatic heterocycles. The Morgan fingerprint density at radius 1 is 1.47 bits per heavy atom. The Bertz CT molecular complexity index is 551. The standard InChI is InChI=1S/C14H18ClN3O/c1-3-18-9-12(8-17-18)19-14-5-4-11(6-10(2)16)7-13(14)15/h4-5,7-10H,3,6,16H2,1-2H3. The monoisotopic (exact) mass is 279 g/mol. The van der Waals surface area contributed by atoms with Crippen molar-refractivity contribution in [3.63, 3.8) is 0 Å². The third kappa shape index (κ3) is 3.72. The molecule has 2 aromatic rings. The molecule has 0 spiro atoms. The fourth-order valence-corrected chi connectivity index (χ4v) is 2.06. The van der Waals surface area contributed by atoms with Crippen LogP contribution in [-0.2, 0) is 13.0 Å². The van der Waals surface area contributed by atoms with Crippen LogP contribution in [0.5, 0.6) is 11.5 Å². The van der Waals surface area contributed by atoms with Crippen molar-refractivity contribution >= 4 is 11.6 Å². The minimum Gasteiger partial charge on any atom is -0.452 e. The molecule has 2 rings (SSSR count). The van der Waals surface area contributed by atoms with Crippen LogP contribution >= 0.6 is 11.6 Å². The van der Waals surface area contributed by atoms with Gasteiger partial charge in [0.25, 0.3) is 0 Å². The number of rotatable bonds is 5. The van der Waals surface area contributed by atoms with Crippen LogP contribution in [0.15, 0.2) is 30.6 Å². The van der Waals surface area contributed by atoms with Gasteiger partial charge in [0.15, 0.2) is 5.75 Å². The summed E-state index contributed by atoms with van der Waals surface area (Å²) in [7, 11) is 0. The van der Waals surface area contributed by atoms with Crippen LogP contribution in [0.3, 0.4) is 0 Å². The number of benzene rings is 1. The van der Waals surface area contributed by atoms with Crippen LogP contribution in [0.4, 0.5) is 0 Å². The van der Waals surface area contributed by atoms with Crippen LogP contribution in [0, 0.1) is 0 Å². The number of hydrogen-bond acceptors (Lipinski definition) is 3. The minimum absolute atomic E-state index is 0.116. The highest BCUT2D eigenvalue weighted by atomic mass is 35.5. The average Bonchev–Trinajstić information content (AvgIpc) is 2.80. The molecule has 1 heterocycles. The van der Waals surface area contributed by atoms with Gasteiger partial charge in [-0.15, -0.1) is 0 Å². The Labute approximate surface area is 118 Å². The lowest BCUT2D eigenvalue weighted by Crippen LogP contribution is -2.17. The second-order valence-electron chi connectivity index (χ2n) is 4.58. The van der Waals surface area contributed by atoms with Crippen molar-refractivity contribution in [2.45, 2.75) is 32.9 Å². The number of halogens is 1. The van der Waals surface area contributed by atoms with Gasteiger partial charge in [0.1, 0.15) is 5.75 Å². The summed E-state index contributed by atoms with van der Waals surface area (Å²) in [6, 6.07) is 5.86. The Morgan fingerprint density at radius 2 is 2.26 bits per heavy atom. The normalized spacial score (nSPS) is 12.4. The van der Waals surface area contributed by atoms with Gasteiger partial charge >= 0.3 is 0 Å². The van der Waals surface area contributed by atoms with E-state index in [0.29, 0.717) is 16.5 Å². The zero-order valence-electron chi connectivity index (χ0n) is 11.1. The largest absolute Gasteiger partial charge is 0.452 e. The summed E-state index contributed by atoms with van der Waals surface area (Å²) in [5.41, 5.74) is 6.88. The first-order chi connectivity index (χ1) is 9.08. The van der Waals surface area contributed by atoms with E-state index in [9.17, 15) is 0 Å². The number of hydrogen-bond donors (Lipinski definition) is 1. The fourth-order valence-electron chi connectivity index (χ4n) is 1.82. The second kappa shape index (κ2) is 6.08. The molecule has 1 unspecified atom stereocenters. The van der Waals surface area contributed by atoms with Crippen molar-refractivity contribution < 1.29 is 4.74 Å². The molecule has 1 aromatic carbocycles. The molecule has 2 N–H and O–H groups in total. The molecule has 102 valence electrons. The summed E-state index contributed by atoms with van der Waals surface area (Å²) in [6.45, 7) is 4.80. The molecule has 0 bridgehead atoms. The van der Waals surface area contributed by atoms with Crippen LogP contribution in [0.2, 0.25) is 5.02 Å². The molecular weight excluding hydrogens is 262 g/mol. The van der Waals surface area contributed by atoms with Crippen molar-refractivity contribution in [3.05, 3.63) is 41.2 Å². The lowest BCUT2D eigenvalue weighted by molar-refractivity contribution is 0.481. The van der Waals surface area contributed by atoms with E-state index in [2.05, 4.69) is 5.10 Å². The molecule has 0 fully saturated rings. The maximum absolute atomic E-state index is 6.21. The third-order valence-corrected chi connectivity index (χ3v) is 3.01. The average molecular weight is 280 g/mol. The Morgan fingerprint density at radius 3 is 2.84 bits per heavy atom. The Kier molecular flexibility index (Phi) is 4.45. The van der Waals surface area contributed by atoms with Crippen molar-refractivity contribution in [3.8, 4) is 11.5 Å². The van der Waals surface area contributed by atoms with E-state index in [4.69, 9.17) is 22.1 Å². The zero-order valence-corrected chi connectivity index (χ0v) is 11.9. The first-order valence-corrected chi connectivity index (χ1v) is 6.70. The summed E-state index contributed by atoms with van der Waals surface area (Å²) >= 11 is 6.21. The molecule has 0 radical (unpaired) electrons. The summed E-state index contributed by atoms with van der Waals surface area (Å²) in [5.74, 6) is 1.31. The van der Waals surface area contributed by atoms with Crippen LogP contribution < -0.4 is 10.5 Å². The van der Waals surface area contributed by atoms with E-state index < -0.39 is 0 Å². The lowest BCUT2D eigenvalue weighted by Gasteiger charge is -2.09.